The smallest absolute Gasteiger partial charge is 0.0826 e. The van der Waals surface area contributed by atoms with Gasteiger partial charge in [-0.3, -0.25) is 0 Å². The lowest BCUT2D eigenvalue weighted by atomic mass is 9.98. The van der Waals surface area contributed by atoms with E-state index in [0.29, 0.717) is 0 Å². The zero-order valence-corrected chi connectivity index (χ0v) is 11.0. The average molecular weight is 253 g/mol. The summed E-state index contributed by atoms with van der Waals surface area (Å²) in [5, 5.41) is 10.0. The molecule has 2 nitrogen and oxygen atoms in total. The SMILES string of the molecule is OC1CCN(CCc2ccccc2)c2ccccc21. The van der Waals surface area contributed by atoms with Crippen molar-refractivity contribution in [2.24, 2.45) is 0 Å². The summed E-state index contributed by atoms with van der Waals surface area (Å²) in [5.74, 6) is 0. The zero-order chi connectivity index (χ0) is 13.1. The monoisotopic (exact) mass is 253 g/mol. The van der Waals surface area contributed by atoms with Gasteiger partial charge < -0.3 is 10.0 Å². The number of para-hydroxylation sites is 1. The normalized spacial score (nSPS) is 18.2. The minimum atomic E-state index is -0.302. The highest BCUT2D eigenvalue weighted by atomic mass is 16.3. The quantitative estimate of drug-likeness (QED) is 0.908. The molecule has 19 heavy (non-hydrogen) atoms. The van der Waals surface area contributed by atoms with Gasteiger partial charge in [0.05, 0.1) is 6.10 Å². The van der Waals surface area contributed by atoms with Crippen LogP contribution >= 0.6 is 0 Å². The van der Waals surface area contributed by atoms with Gasteiger partial charge in [-0.1, -0.05) is 48.5 Å². The fourth-order valence-electron chi connectivity index (χ4n) is 2.75. The van der Waals surface area contributed by atoms with Crippen molar-refractivity contribution in [2.75, 3.05) is 18.0 Å². The van der Waals surface area contributed by atoms with Gasteiger partial charge in [0.15, 0.2) is 0 Å². The lowest BCUT2D eigenvalue weighted by Crippen LogP contribution is -2.32. The summed E-state index contributed by atoms with van der Waals surface area (Å²) in [6, 6.07) is 18.8. The molecule has 0 saturated heterocycles. The third-order valence-electron chi connectivity index (χ3n) is 3.82. The number of anilines is 1. The maximum atomic E-state index is 10.0. The molecule has 98 valence electrons. The topological polar surface area (TPSA) is 23.5 Å². The molecule has 0 fully saturated rings. The molecule has 0 radical (unpaired) electrons. The fraction of sp³-hybridized carbons (Fsp3) is 0.294. The minimum Gasteiger partial charge on any atom is -0.388 e. The van der Waals surface area contributed by atoms with Crippen LogP contribution in [0.1, 0.15) is 23.7 Å². The van der Waals surface area contributed by atoms with Crippen LogP contribution in [0.5, 0.6) is 0 Å². The van der Waals surface area contributed by atoms with Crippen molar-refractivity contribution in [3.63, 3.8) is 0 Å². The Kier molecular flexibility index (Phi) is 3.51. The summed E-state index contributed by atoms with van der Waals surface area (Å²) < 4.78 is 0. The van der Waals surface area contributed by atoms with E-state index in [0.717, 1.165) is 31.5 Å². The van der Waals surface area contributed by atoms with Gasteiger partial charge in [-0.25, -0.2) is 0 Å². The molecule has 1 aliphatic heterocycles. The molecule has 0 bridgehead atoms. The number of aliphatic hydroxyl groups excluding tert-OH is 1. The number of hydrogen-bond acceptors (Lipinski definition) is 2. The van der Waals surface area contributed by atoms with Gasteiger partial charge in [0.25, 0.3) is 0 Å². The van der Waals surface area contributed by atoms with Crippen LogP contribution in [-0.4, -0.2) is 18.2 Å². The largest absolute Gasteiger partial charge is 0.388 e. The number of nitrogens with zero attached hydrogens (tertiary/aromatic N) is 1. The molecule has 0 saturated carbocycles. The van der Waals surface area contributed by atoms with Crippen molar-refractivity contribution in [1.82, 2.24) is 0 Å². The van der Waals surface area contributed by atoms with E-state index < -0.39 is 0 Å². The highest BCUT2D eigenvalue weighted by Crippen LogP contribution is 2.33. The van der Waals surface area contributed by atoms with E-state index in [2.05, 4.69) is 41.3 Å². The van der Waals surface area contributed by atoms with Crippen molar-refractivity contribution >= 4 is 5.69 Å². The lowest BCUT2D eigenvalue weighted by Gasteiger charge is -2.33. The van der Waals surface area contributed by atoms with Crippen LogP contribution in [0.25, 0.3) is 0 Å². The molecule has 2 aromatic carbocycles. The minimum absolute atomic E-state index is 0.302. The highest BCUT2D eigenvalue weighted by Gasteiger charge is 2.22. The number of fused-ring (bicyclic) bond motifs is 1. The van der Waals surface area contributed by atoms with Gasteiger partial charge in [0.2, 0.25) is 0 Å². The third kappa shape index (κ3) is 2.64. The second-order valence-electron chi connectivity index (χ2n) is 5.09. The Bertz CT molecular complexity index is 538. The molecule has 2 heteroatoms. The van der Waals surface area contributed by atoms with Gasteiger partial charge in [-0.2, -0.15) is 0 Å². The molecule has 1 aliphatic rings. The van der Waals surface area contributed by atoms with Gasteiger partial charge in [0, 0.05) is 24.3 Å². The molecule has 2 aromatic rings. The number of aliphatic hydroxyl groups is 1. The summed E-state index contributed by atoms with van der Waals surface area (Å²) in [6.07, 6.45) is 1.57. The average Bonchev–Trinajstić information content (AvgIpc) is 2.48. The maximum Gasteiger partial charge on any atom is 0.0826 e. The van der Waals surface area contributed by atoms with E-state index >= 15 is 0 Å². The van der Waals surface area contributed by atoms with Gasteiger partial charge in [-0.05, 0) is 24.5 Å². The van der Waals surface area contributed by atoms with E-state index in [4.69, 9.17) is 0 Å². The predicted octanol–water partition coefficient (Wildman–Crippen LogP) is 3.17. The molecule has 0 amide bonds. The Morgan fingerprint density at radius 3 is 2.58 bits per heavy atom. The van der Waals surface area contributed by atoms with Crippen LogP contribution in [0.3, 0.4) is 0 Å². The summed E-state index contributed by atoms with van der Waals surface area (Å²) >= 11 is 0. The Hall–Kier alpha value is -1.80. The van der Waals surface area contributed by atoms with Crippen molar-refractivity contribution < 1.29 is 5.11 Å². The third-order valence-corrected chi connectivity index (χ3v) is 3.82. The van der Waals surface area contributed by atoms with E-state index in [1.165, 1.54) is 11.3 Å². The van der Waals surface area contributed by atoms with Crippen LogP contribution in [0.4, 0.5) is 5.69 Å². The summed E-state index contributed by atoms with van der Waals surface area (Å²) in [7, 11) is 0. The molecule has 0 aliphatic carbocycles. The Labute approximate surface area is 114 Å². The first kappa shape index (κ1) is 12.2. The van der Waals surface area contributed by atoms with E-state index in [-0.39, 0.29) is 6.10 Å². The van der Waals surface area contributed by atoms with Crippen LogP contribution in [-0.2, 0) is 6.42 Å². The molecular weight excluding hydrogens is 234 g/mol. The Balaban J connectivity index is 1.74. The second-order valence-corrected chi connectivity index (χ2v) is 5.09. The predicted molar refractivity (Wildman–Crippen MR) is 78.4 cm³/mol. The zero-order valence-electron chi connectivity index (χ0n) is 11.0. The first-order chi connectivity index (χ1) is 9.34. The van der Waals surface area contributed by atoms with Crippen LogP contribution in [0, 0.1) is 0 Å². The van der Waals surface area contributed by atoms with Gasteiger partial charge >= 0.3 is 0 Å². The molecule has 1 N–H and O–H groups in total. The van der Waals surface area contributed by atoms with Gasteiger partial charge in [-0.15, -0.1) is 0 Å². The standard InChI is InChI=1S/C17H19NO/c19-17-11-13-18(16-9-5-4-8-15(16)17)12-10-14-6-2-1-3-7-14/h1-9,17,19H,10-13H2. The van der Waals surface area contributed by atoms with Crippen molar-refractivity contribution in [2.45, 2.75) is 18.9 Å². The Morgan fingerprint density at radius 2 is 1.74 bits per heavy atom. The second kappa shape index (κ2) is 5.45. The summed E-state index contributed by atoms with van der Waals surface area (Å²) in [5.41, 5.74) is 3.63. The van der Waals surface area contributed by atoms with Crippen LogP contribution in [0.2, 0.25) is 0 Å². The van der Waals surface area contributed by atoms with Crippen LogP contribution in [0.15, 0.2) is 54.6 Å². The molecule has 3 rings (SSSR count). The molecule has 1 heterocycles. The Morgan fingerprint density at radius 1 is 1.00 bits per heavy atom. The summed E-state index contributed by atoms with van der Waals surface area (Å²) in [4.78, 5) is 2.38. The summed E-state index contributed by atoms with van der Waals surface area (Å²) in [6.45, 7) is 1.94. The first-order valence-corrected chi connectivity index (χ1v) is 6.90. The van der Waals surface area contributed by atoms with Crippen LogP contribution < -0.4 is 4.90 Å². The van der Waals surface area contributed by atoms with E-state index in [9.17, 15) is 5.11 Å². The van der Waals surface area contributed by atoms with Crippen molar-refractivity contribution in [3.8, 4) is 0 Å². The molecule has 1 atom stereocenters. The lowest BCUT2D eigenvalue weighted by molar-refractivity contribution is 0.164. The highest BCUT2D eigenvalue weighted by molar-refractivity contribution is 5.56. The number of hydrogen-bond donors (Lipinski definition) is 1. The number of rotatable bonds is 3. The molecule has 1 unspecified atom stereocenters. The fourth-order valence-corrected chi connectivity index (χ4v) is 2.75. The molecule has 0 aromatic heterocycles. The number of benzene rings is 2. The van der Waals surface area contributed by atoms with Gasteiger partial charge in [0.1, 0.15) is 0 Å². The molecule has 0 spiro atoms. The van der Waals surface area contributed by atoms with E-state index in [1.54, 1.807) is 0 Å². The molecular formula is C17H19NO. The van der Waals surface area contributed by atoms with Crippen molar-refractivity contribution in [3.05, 3.63) is 65.7 Å². The first-order valence-electron chi connectivity index (χ1n) is 6.90. The maximum absolute atomic E-state index is 10.0. The van der Waals surface area contributed by atoms with Crippen molar-refractivity contribution in [1.29, 1.82) is 0 Å². The van der Waals surface area contributed by atoms with E-state index in [1.807, 2.05) is 18.2 Å².